The van der Waals surface area contributed by atoms with Crippen molar-refractivity contribution < 1.29 is 14.6 Å². The van der Waals surface area contributed by atoms with E-state index in [0.717, 1.165) is 43.7 Å². The summed E-state index contributed by atoms with van der Waals surface area (Å²) in [6.07, 6.45) is 2.52. The van der Waals surface area contributed by atoms with Crippen LogP contribution in [0.5, 0.6) is 5.75 Å². The van der Waals surface area contributed by atoms with Gasteiger partial charge in [-0.15, -0.1) is 0 Å². The molecule has 0 aliphatic carbocycles. The van der Waals surface area contributed by atoms with Gasteiger partial charge in [0.05, 0.1) is 7.11 Å². The predicted octanol–water partition coefficient (Wildman–Crippen LogP) is 1.96. The molecule has 0 atom stereocenters. The van der Waals surface area contributed by atoms with Crippen LogP contribution in [0.25, 0.3) is 0 Å². The van der Waals surface area contributed by atoms with Crippen LogP contribution in [-0.4, -0.2) is 49.4 Å². The first-order valence-corrected chi connectivity index (χ1v) is 7.91. The number of aliphatic hydroxyl groups excluding tert-OH is 1. The Kier molecular flexibility index (Phi) is 6.07. The number of aliphatic hydroxyl groups is 1. The standard InChI is InChI=1S/C17H26N2O3/c1-13-3-4-16(22-2)15(11-13)5-8-18-17(21)19-9-6-14(12-20)7-10-19/h3-4,11,14,20H,5-10,12H2,1-2H3,(H,18,21). The van der Waals surface area contributed by atoms with Gasteiger partial charge in [-0.05, 0) is 43.7 Å². The summed E-state index contributed by atoms with van der Waals surface area (Å²) in [7, 11) is 1.66. The zero-order chi connectivity index (χ0) is 15.9. The topological polar surface area (TPSA) is 61.8 Å². The van der Waals surface area contributed by atoms with Gasteiger partial charge in [-0.3, -0.25) is 0 Å². The number of ether oxygens (including phenoxy) is 1. The van der Waals surface area contributed by atoms with E-state index in [-0.39, 0.29) is 12.6 Å². The predicted molar refractivity (Wildman–Crippen MR) is 86.2 cm³/mol. The lowest BCUT2D eigenvalue weighted by molar-refractivity contribution is 0.137. The van der Waals surface area contributed by atoms with Crippen LogP contribution in [0.3, 0.4) is 0 Å². The van der Waals surface area contributed by atoms with Crippen LogP contribution in [0.1, 0.15) is 24.0 Å². The van der Waals surface area contributed by atoms with E-state index in [9.17, 15) is 4.79 Å². The minimum absolute atomic E-state index is 0.0111. The average Bonchev–Trinajstić information content (AvgIpc) is 2.55. The van der Waals surface area contributed by atoms with Crippen molar-refractivity contribution in [2.75, 3.05) is 33.4 Å². The van der Waals surface area contributed by atoms with Crippen molar-refractivity contribution in [1.29, 1.82) is 0 Å². The molecule has 1 saturated heterocycles. The Hall–Kier alpha value is -1.75. The second-order valence-electron chi connectivity index (χ2n) is 5.91. The Morgan fingerprint density at radius 1 is 1.41 bits per heavy atom. The highest BCUT2D eigenvalue weighted by Gasteiger charge is 2.21. The molecule has 0 spiro atoms. The first-order valence-electron chi connectivity index (χ1n) is 7.91. The van der Waals surface area contributed by atoms with Gasteiger partial charge in [0.1, 0.15) is 5.75 Å². The molecule has 22 heavy (non-hydrogen) atoms. The number of benzene rings is 1. The second kappa shape index (κ2) is 8.03. The van der Waals surface area contributed by atoms with Crippen molar-refractivity contribution in [1.82, 2.24) is 10.2 Å². The molecule has 1 aliphatic rings. The van der Waals surface area contributed by atoms with Gasteiger partial charge in [0.15, 0.2) is 0 Å². The van der Waals surface area contributed by atoms with Gasteiger partial charge in [-0.2, -0.15) is 0 Å². The number of carbonyl (C=O) groups excluding carboxylic acids is 1. The first kappa shape index (κ1) is 16.6. The summed E-state index contributed by atoms with van der Waals surface area (Å²) in [5.74, 6) is 1.21. The van der Waals surface area contributed by atoms with E-state index in [0.29, 0.717) is 12.5 Å². The molecule has 1 heterocycles. The van der Waals surface area contributed by atoms with Gasteiger partial charge in [-0.1, -0.05) is 17.7 Å². The summed E-state index contributed by atoms with van der Waals surface area (Å²) in [5, 5.41) is 12.1. The molecule has 0 radical (unpaired) electrons. The van der Waals surface area contributed by atoms with E-state index < -0.39 is 0 Å². The molecule has 0 bridgehead atoms. The molecule has 5 nitrogen and oxygen atoms in total. The Morgan fingerprint density at radius 3 is 2.77 bits per heavy atom. The quantitative estimate of drug-likeness (QED) is 0.874. The summed E-state index contributed by atoms with van der Waals surface area (Å²) < 4.78 is 5.35. The molecule has 1 aliphatic heterocycles. The minimum Gasteiger partial charge on any atom is -0.496 e. The van der Waals surface area contributed by atoms with Gasteiger partial charge in [0.2, 0.25) is 0 Å². The van der Waals surface area contributed by atoms with Crippen LogP contribution in [0.4, 0.5) is 4.79 Å². The zero-order valence-electron chi connectivity index (χ0n) is 13.5. The van der Waals surface area contributed by atoms with Crippen molar-refractivity contribution in [2.24, 2.45) is 5.92 Å². The van der Waals surface area contributed by atoms with E-state index >= 15 is 0 Å². The largest absolute Gasteiger partial charge is 0.496 e. The minimum atomic E-state index is -0.0111. The number of nitrogens with zero attached hydrogens (tertiary/aromatic N) is 1. The third-order valence-electron chi connectivity index (χ3n) is 4.27. The summed E-state index contributed by atoms with van der Waals surface area (Å²) in [6.45, 7) is 4.32. The lowest BCUT2D eigenvalue weighted by Gasteiger charge is -2.31. The third-order valence-corrected chi connectivity index (χ3v) is 4.27. The Labute approximate surface area is 132 Å². The first-order chi connectivity index (χ1) is 10.6. The molecule has 0 saturated carbocycles. The molecular weight excluding hydrogens is 280 g/mol. The Balaban J connectivity index is 1.79. The number of methoxy groups -OCH3 is 1. The van der Waals surface area contributed by atoms with E-state index in [1.165, 1.54) is 5.56 Å². The highest BCUT2D eigenvalue weighted by molar-refractivity contribution is 5.74. The fraction of sp³-hybridized carbons (Fsp3) is 0.588. The number of nitrogens with one attached hydrogen (secondary N) is 1. The molecule has 0 aromatic heterocycles. The SMILES string of the molecule is COc1ccc(C)cc1CCNC(=O)N1CCC(CO)CC1. The van der Waals surface area contributed by atoms with Crippen LogP contribution in [0, 0.1) is 12.8 Å². The molecule has 2 amide bonds. The molecular formula is C17H26N2O3. The highest BCUT2D eigenvalue weighted by atomic mass is 16.5. The van der Waals surface area contributed by atoms with Crippen molar-refractivity contribution in [3.63, 3.8) is 0 Å². The molecule has 1 fully saturated rings. The number of hydrogen-bond acceptors (Lipinski definition) is 3. The zero-order valence-corrected chi connectivity index (χ0v) is 13.5. The number of hydrogen-bond donors (Lipinski definition) is 2. The maximum Gasteiger partial charge on any atom is 0.317 e. The molecule has 122 valence electrons. The Morgan fingerprint density at radius 2 is 2.14 bits per heavy atom. The van der Waals surface area contributed by atoms with Gasteiger partial charge in [-0.25, -0.2) is 4.79 Å². The van der Waals surface area contributed by atoms with Crippen LogP contribution in [0.2, 0.25) is 0 Å². The molecule has 5 heteroatoms. The van der Waals surface area contributed by atoms with Crippen LogP contribution < -0.4 is 10.1 Å². The average molecular weight is 306 g/mol. The fourth-order valence-corrected chi connectivity index (χ4v) is 2.84. The maximum atomic E-state index is 12.1. The summed E-state index contributed by atoms with van der Waals surface area (Å²) in [5.41, 5.74) is 2.30. The summed E-state index contributed by atoms with van der Waals surface area (Å²) >= 11 is 0. The lowest BCUT2D eigenvalue weighted by atomic mass is 9.98. The molecule has 2 N–H and O–H groups in total. The number of urea groups is 1. The van der Waals surface area contributed by atoms with Gasteiger partial charge in [0.25, 0.3) is 0 Å². The number of rotatable bonds is 5. The number of likely N-dealkylation sites (tertiary alicyclic amines) is 1. The normalized spacial score (nSPS) is 15.7. The summed E-state index contributed by atoms with van der Waals surface area (Å²) in [4.78, 5) is 14.0. The van der Waals surface area contributed by atoms with Crippen molar-refractivity contribution >= 4 is 6.03 Å². The van der Waals surface area contributed by atoms with Crippen molar-refractivity contribution in [3.05, 3.63) is 29.3 Å². The monoisotopic (exact) mass is 306 g/mol. The van der Waals surface area contributed by atoms with Gasteiger partial charge < -0.3 is 20.1 Å². The number of aryl methyl sites for hydroxylation is 1. The molecule has 1 aromatic rings. The number of amides is 2. The number of piperidine rings is 1. The maximum absolute atomic E-state index is 12.1. The second-order valence-corrected chi connectivity index (χ2v) is 5.91. The fourth-order valence-electron chi connectivity index (χ4n) is 2.84. The smallest absolute Gasteiger partial charge is 0.317 e. The molecule has 2 rings (SSSR count). The lowest BCUT2D eigenvalue weighted by Crippen LogP contribution is -2.45. The number of carbonyl (C=O) groups is 1. The van der Waals surface area contributed by atoms with Gasteiger partial charge >= 0.3 is 6.03 Å². The van der Waals surface area contributed by atoms with E-state index in [4.69, 9.17) is 9.84 Å². The third kappa shape index (κ3) is 4.37. The Bertz CT molecular complexity index is 497. The molecule has 1 aromatic carbocycles. The summed E-state index contributed by atoms with van der Waals surface area (Å²) in [6, 6.07) is 6.07. The van der Waals surface area contributed by atoms with Crippen molar-refractivity contribution in [2.45, 2.75) is 26.2 Å². The molecule has 0 unspecified atom stereocenters. The van der Waals surface area contributed by atoms with Gasteiger partial charge in [0, 0.05) is 26.2 Å². The van der Waals surface area contributed by atoms with E-state index in [1.54, 1.807) is 7.11 Å². The van der Waals surface area contributed by atoms with E-state index in [2.05, 4.69) is 11.4 Å². The van der Waals surface area contributed by atoms with E-state index in [1.807, 2.05) is 24.0 Å². The van der Waals surface area contributed by atoms with Crippen LogP contribution in [0.15, 0.2) is 18.2 Å². The van der Waals surface area contributed by atoms with Crippen molar-refractivity contribution in [3.8, 4) is 5.75 Å². The van der Waals surface area contributed by atoms with Crippen LogP contribution in [-0.2, 0) is 6.42 Å². The van der Waals surface area contributed by atoms with Crippen LogP contribution >= 0.6 is 0 Å². The highest BCUT2D eigenvalue weighted by Crippen LogP contribution is 2.20.